The number of nitrogens with zero attached hydrogens (tertiary/aromatic N) is 1. The Balaban J connectivity index is 1.87. The van der Waals surface area contributed by atoms with Gasteiger partial charge in [0.15, 0.2) is 0 Å². The van der Waals surface area contributed by atoms with Crippen LogP contribution in [0, 0.1) is 5.92 Å². The van der Waals surface area contributed by atoms with Crippen molar-refractivity contribution in [2.45, 2.75) is 38.8 Å². The summed E-state index contributed by atoms with van der Waals surface area (Å²) in [6, 6.07) is 13.0. The van der Waals surface area contributed by atoms with Gasteiger partial charge < -0.3 is 14.9 Å². The van der Waals surface area contributed by atoms with Crippen LogP contribution in [0.1, 0.15) is 37.8 Å². The lowest BCUT2D eigenvalue weighted by Crippen LogP contribution is -2.55. The second kappa shape index (κ2) is 8.57. The van der Waals surface area contributed by atoms with E-state index in [-0.39, 0.29) is 12.5 Å². The number of hydrogen-bond donors (Lipinski definition) is 2. The molecule has 7 nitrogen and oxygen atoms in total. The first-order valence-electron chi connectivity index (χ1n) is 9.83. The van der Waals surface area contributed by atoms with Crippen molar-refractivity contribution in [2.24, 2.45) is 5.92 Å². The average molecular weight is 411 g/mol. The summed E-state index contributed by atoms with van der Waals surface area (Å²) >= 11 is 0. The minimum atomic E-state index is -1.34. The average Bonchev–Trinajstić information content (AvgIpc) is 3.02. The number of hydrogen-bond acceptors (Lipinski definition) is 4. The number of carboxylic acids is 2. The molecule has 2 aromatic rings. The van der Waals surface area contributed by atoms with Gasteiger partial charge in [0.2, 0.25) is 0 Å². The van der Waals surface area contributed by atoms with Crippen LogP contribution >= 0.6 is 0 Å². The number of aliphatic carboxylic acids is 2. The second-order valence-electron chi connectivity index (χ2n) is 7.75. The molecule has 0 aromatic heterocycles. The largest absolute Gasteiger partial charge is 0.480 e. The summed E-state index contributed by atoms with van der Waals surface area (Å²) in [5.41, 5.74) is 4.16. The molecule has 0 saturated carbocycles. The highest BCUT2D eigenvalue weighted by molar-refractivity contribution is 5.85. The number of amides is 1. The van der Waals surface area contributed by atoms with Crippen LogP contribution in [-0.2, 0) is 14.3 Å². The van der Waals surface area contributed by atoms with Crippen molar-refractivity contribution < 1.29 is 29.3 Å². The number of benzene rings is 2. The Kier molecular flexibility index (Phi) is 6.10. The Morgan fingerprint density at radius 1 is 0.900 bits per heavy atom. The first kappa shape index (κ1) is 21.4. The molecule has 0 spiro atoms. The molecule has 1 aliphatic rings. The molecule has 0 bridgehead atoms. The van der Waals surface area contributed by atoms with Crippen molar-refractivity contribution in [3.63, 3.8) is 0 Å². The SMILES string of the molecule is CC(C)[C@@H](C(=O)O)N(C(=O)OCC1c2ccccc2-c2ccccc21)[C@@H](C)C(=O)O. The Labute approximate surface area is 174 Å². The summed E-state index contributed by atoms with van der Waals surface area (Å²) in [4.78, 5) is 37.0. The van der Waals surface area contributed by atoms with E-state index >= 15 is 0 Å². The van der Waals surface area contributed by atoms with E-state index in [0.717, 1.165) is 27.2 Å². The van der Waals surface area contributed by atoms with Crippen LogP contribution in [0.3, 0.4) is 0 Å². The number of carbonyl (C=O) groups excluding carboxylic acids is 1. The molecule has 30 heavy (non-hydrogen) atoms. The molecule has 0 fully saturated rings. The van der Waals surface area contributed by atoms with Crippen molar-refractivity contribution in [3.05, 3.63) is 59.7 Å². The molecule has 1 amide bonds. The van der Waals surface area contributed by atoms with Crippen molar-refractivity contribution >= 4 is 18.0 Å². The molecule has 0 heterocycles. The van der Waals surface area contributed by atoms with Crippen LogP contribution in [0.2, 0.25) is 0 Å². The number of rotatable bonds is 7. The van der Waals surface area contributed by atoms with E-state index in [1.807, 2.05) is 48.5 Å². The van der Waals surface area contributed by atoms with Crippen LogP contribution in [-0.4, -0.2) is 51.8 Å². The molecule has 0 aliphatic heterocycles. The van der Waals surface area contributed by atoms with Gasteiger partial charge in [-0.05, 0) is 35.1 Å². The number of carbonyl (C=O) groups is 3. The predicted molar refractivity (Wildman–Crippen MR) is 110 cm³/mol. The maximum Gasteiger partial charge on any atom is 0.411 e. The topological polar surface area (TPSA) is 104 Å². The van der Waals surface area contributed by atoms with Crippen molar-refractivity contribution in [1.29, 1.82) is 0 Å². The standard InChI is InChI=1S/C23H25NO6/c1-13(2)20(22(27)28)24(14(3)21(25)26)23(29)30-12-19-17-10-6-4-8-15(17)16-9-5-7-11-18(16)19/h4-11,13-14,19-20H,12H2,1-3H3,(H,25,26)(H,27,28)/t14-,20-/m0/s1. The van der Waals surface area contributed by atoms with E-state index in [0.29, 0.717) is 0 Å². The zero-order valence-electron chi connectivity index (χ0n) is 17.1. The van der Waals surface area contributed by atoms with Gasteiger partial charge in [-0.2, -0.15) is 0 Å². The highest BCUT2D eigenvalue weighted by Crippen LogP contribution is 2.44. The van der Waals surface area contributed by atoms with E-state index in [9.17, 15) is 24.6 Å². The molecule has 2 N–H and O–H groups in total. The van der Waals surface area contributed by atoms with Gasteiger partial charge in [-0.15, -0.1) is 0 Å². The fourth-order valence-corrected chi connectivity index (χ4v) is 4.03. The Bertz CT molecular complexity index is 924. The Morgan fingerprint density at radius 2 is 1.40 bits per heavy atom. The third-order valence-corrected chi connectivity index (χ3v) is 5.51. The van der Waals surface area contributed by atoms with Gasteiger partial charge in [-0.25, -0.2) is 14.4 Å². The van der Waals surface area contributed by atoms with Crippen LogP contribution < -0.4 is 0 Å². The van der Waals surface area contributed by atoms with Crippen LogP contribution in [0.5, 0.6) is 0 Å². The third kappa shape index (κ3) is 3.87. The van der Waals surface area contributed by atoms with Crippen molar-refractivity contribution in [1.82, 2.24) is 4.90 Å². The lowest BCUT2D eigenvalue weighted by molar-refractivity contribution is -0.150. The van der Waals surface area contributed by atoms with Crippen molar-refractivity contribution in [2.75, 3.05) is 6.61 Å². The number of carboxylic acid groups (broad SMARTS) is 2. The van der Waals surface area contributed by atoms with Crippen molar-refractivity contribution in [3.8, 4) is 11.1 Å². The van der Waals surface area contributed by atoms with E-state index in [1.165, 1.54) is 6.92 Å². The molecule has 7 heteroatoms. The Morgan fingerprint density at radius 3 is 1.83 bits per heavy atom. The van der Waals surface area contributed by atoms with Crippen LogP contribution in [0.25, 0.3) is 11.1 Å². The molecular formula is C23H25NO6. The predicted octanol–water partition coefficient (Wildman–Crippen LogP) is 3.82. The van der Waals surface area contributed by atoms with Gasteiger partial charge >= 0.3 is 18.0 Å². The molecular weight excluding hydrogens is 386 g/mol. The van der Waals surface area contributed by atoms with E-state index in [2.05, 4.69) is 0 Å². The molecule has 158 valence electrons. The first-order valence-corrected chi connectivity index (χ1v) is 9.83. The lowest BCUT2D eigenvalue weighted by Gasteiger charge is -2.33. The summed E-state index contributed by atoms with van der Waals surface area (Å²) in [5, 5.41) is 19.0. The van der Waals surface area contributed by atoms with Crippen LogP contribution in [0.4, 0.5) is 4.79 Å². The van der Waals surface area contributed by atoms with Gasteiger partial charge in [0.1, 0.15) is 18.7 Å². The van der Waals surface area contributed by atoms with Gasteiger partial charge in [0.05, 0.1) is 0 Å². The summed E-state index contributed by atoms with van der Waals surface area (Å²) < 4.78 is 5.51. The summed E-state index contributed by atoms with van der Waals surface area (Å²) in [6.07, 6.45) is -0.951. The third-order valence-electron chi connectivity index (χ3n) is 5.51. The summed E-state index contributed by atoms with van der Waals surface area (Å²) in [7, 11) is 0. The number of fused-ring (bicyclic) bond motifs is 3. The molecule has 2 aromatic carbocycles. The maximum atomic E-state index is 12.9. The first-order chi connectivity index (χ1) is 14.2. The highest BCUT2D eigenvalue weighted by Gasteiger charge is 2.40. The van der Waals surface area contributed by atoms with E-state index < -0.39 is 36.0 Å². The number of ether oxygens (including phenoxy) is 1. The molecule has 0 saturated heterocycles. The molecule has 0 radical (unpaired) electrons. The van der Waals surface area contributed by atoms with E-state index in [4.69, 9.17) is 4.74 Å². The van der Waals surface area contributed by atoms with Crippen LogP contribution in [0.15, 0.2) is 48.5 Å². The zero-order chi connectivity index (χ0) is 22.0. The maximum absolute atomic E-state index is 12.9. The summed E-state index contributed by atoms with van der Waals surface area (Å²) in [5.74, 6) is -3.27. The van der Waals surface area contributed by atoms with Gasteiger partial charge in [0.25, 0.3) is 0 Å². The molecule has 3 rings (SSSR count). The second-order valence-corrected chi connectivity index (χ2v) is 7.75. The smallest absolute Gasteiger partial charge is 0.411 e. The van der Waals surface area contributed by atoms with Gasteiger partial charge in [-0.1, -0.05) is 62.4 Å². The quantitative estimate of drug-likeness (QED) is 0.718. The highest BCUT2D eigenvalue weighted by atomic mass is 16.6. The normalized spacial score (nSPS) is 14.5. The monoisotopic (exact) mass is 411 g/mol. The Hall–Kier alpha value is -3.35. The molecule has 1 aliphatic carbocycles. The summed E-state index contributed by atoms with van der Waals surface area (Å²) in [6.45, 7) is 4.51. The fraction of sp³-hybridized carbons (Fsp3) is 0.348. The van der Waals surface area contributed by atoms with E-state index in [1.54, 1.807) is 13.8 Å². The fourth-order valence-electron chi connectivity index (χ4n) is 4.03. The zero-order valence-corrected chi connectivity index (χ0v) is 17.1. The molecule has 2 atom stereocenters. The van der Waals surface area contributed by atoms with Gasteiger partial charge in [0, 0.05) is 5.92 Å². The van der Waals surface area contributed by atoms with Gasteiger partial charge in [-0.3, -0.25) is 4.90 Å². The minimum Gasteiger partial charge on any atom is -0.480 e. The molecule has 0 unspecified atom stereocenters. The minimum absolute atomic E-state index is 0.0138. The lowest BCUT2D eigenvalue weighted by atomic mass is 9.98.